The Balaban J connectivity index is 1.19. The SMILES string of the molecule is Bc1c2c(c(B)c(O)c1-c1c(-c3ccccc3)c3ccccc3c3ccccc13)N(c1cc3ccccc3c3ccccc13)c1c(B)c(O)c(-c3ccc(-c4ccccc4)cc3)c(O)c1S2. The summed E-state index contributed by atoms with van der Waals surface area (Å²) in [7, 11) is 6.04. The van der Waals surface area contributed by atoms with Crippen LogP contribution in [-0.2, 0) is 0 Å². The van der Waals surface area contributed by atoms with Gasteiger partial charge in [-0.3, -0.25) is 0 Å². The maximum Gasteiger partial charge on any atom is 0.147 e. The van der Waals surface area contributed by atoms with Gasteiger partial charge in [-0.25, -0.2) is 0 Å². The maximum absolute atomic E-state index is 13.1. The van der Waals surface area contributed by atoms with E-state index in [1.165, 1.54) is 11.8 Å². The third-order valence-electron chi connectivity index (χ3n) is 13.7. The van der Waals surface area contributed by atoms with Gasteiger partial charge < -0.3 is 20.2 Å². The van der Waals surface area contributed by atoms with E-state index in [2.05, 4.69) is 152 Å². The third kappa shape index (κ3) is 5.91. The molecule has 3 N–H and O–H groups in total. The van der Waals surface area contributed by atoms with Crippen molar-refractivity contribution in [2.45, 2.75) is 9.79 Å². The molecule has 1 aliphatic rings. The number of phenols is 3. The van der Waals surface area contributed by atoms with E-state index in [0.717, 1.165) is 98.2 Å². The molecule has 0 saturated heterocycles. The number of hydrogen-bond acceptors (Lipinski definition) is 5. The monoisotopic (exact) mass is 863 g/mol. The molecule has 1 heterocycles. The number of hydrogen-bond donors (Lipinski definition) is 3. The van der Waals surface area contributed by atoms with Crippen molar-refractivity contribution in [3.8, 4) is 61.8 Å². The van der Waals surface area contributed by atoms with Crippen LogP contribution in [0.25, 0.3) is 87.6 Å². The van der Waals surface area contributed by atoms with Crippen LogP contribution in [0, 0.1) is 0 Å². The van der Waals surface area contributed by atoms with Crippen molar-refractivity contribution in [2.24, 2.45) is 0 Å². The van der Waals surface area contributed by atoms with Gasteiger partial charge in [-0.15, -0.1) is 0 Å². The summed E-state index contributed by atoms with van der Waals surface area (Å²) >= 11 is 1.50. The van der Waals surface area contributed by atoms with Crippen molar-refractivity contribution in [2.75, 3.05) is 4.90 Å². The fraction of sp³-hybridized carbons (Fsp3) is 0. The van der Waals surface area contributed by atoms with E-state index in [-0.39, 0.29) is 17.2 Å². The van der Waals surface area contributed by atoms with Crippen LogP contribution in [0.15, 0.2) is 198 Å². The van der Waals surface area contributed by atoms with Crippen molar-refractivity contribution in [1.29, 1.82) is 0 Å². The molecule has 0 amide bonds. The molecule has 66 heavy (non-hydrogen) atoms. The summed E-state index contributed by atoms with van der Waals surface area (Å²) in [5, 5.41) is 47.1. The van der Waals surface area contributed by atoms with Crippen LogP contribution in [0.5, 0.6) is 17.2 Å². The normalized spacial score (nSPS) is 12.2. The van der Waals surface area contributed by atoms with Crippen LogP contribution < -0.4 is 21.3 Å². The van der Waals surface area contributed by atoms with Gasteiger partial charge in [-0.1, -0.05) is 199 Å². The molecule has 1 aliphatic heterocycles. The van der Waals surface area contributed by atoms with Crippen LogP contribution in [0.4, 0.5) is 17.1 Å². The smallest absolute Gasteiger partial charge is 0.147 e. The van der Waals surface area contributed by atoms with Crippen molar-refractivity contribution >= 4 is 112 Å². The predicted molar refractivity (Wildman–Crippen MR) is 287 cm³/mol. The largest absolute Gasteiger partial charge is 0.508 e. The highest BCUT2D eigenvalue weighted by Gasteiger charge is 2.38. The molecule has 11 aromatic carbocycles. The number of phenolic OH excluding ortho intramolecular Hbond substituents is 3. The average Bonchev–Trinajstić information content (AvgIpc) is 3.37. The second-order valence-corrected chi connectivity index (χ2v) is 18.3. The van der Waals surface area contributed by atoms with E-state index < -0.39 is 0 Å². The summed E-state index contributed by atoms with van der Waals surface area (Å²) in [6, 6.07) is 64.8. The molecular formula is C58H40B3NO3S. The van der Waals surface area contributed by atoms with Gasteiger partial charge in [-0.2, -0.15) is 0 Å². The summed E-state index contributed by atoms with van der Waals surface area (Å²) in [5.74, 6) is 0.187. The van der Waals surface area contributed by atoms with Crippen molar-refractivity contribution in [3.05, 3.63) is 188 Å². The number of nitrogens with zero attached hydrogens (tertiary/aromatic N) is 1. The van der Waals surface area contributed by atoms with E-state index in [9.17, 15) is 15.3 Å². The minimum Gasteiger partial charge on any atom is -0.508 e. The Labute approximate surface area is 389 Å². The lowest BCUT2D eigenvalue weighted by molar-refractivity contribution is 0.448. The van der Waals surface area contributed by atoms with Crippen LogP contribution in [0.1, 0.15) is 0 Å². The summed E-state index contributed by atoms with van der Waals surface area (Å²) in [6.07, 6.45) is 0. The zero-order valence-corrected chi connectivity index (χ0v) is 37.4. The van der Waals surface area contributed by atoms with E-state index in [1.54, 1.807) is 0 Å². The Bertz CT molecular complexity index is 3810. The molecule has 8 heteroatoms. The van der Waals surface area contributed by atoms with Crippen molar-refractivity contribution in [1.82, 2.24) is 0 Å². The Morgan fingerprint density at radius 1 is 0.333 bits per heavy atom. The summed E-state index contributed by atoms with van der Waals surface area (Å²) in [6.45, 7) is 0. The lowest BCUT2D eigenvalue weighted by Gasteiger charge is -2.39. The van der Waals surface area contributed by atoms with Gasteiger partial charge in [0.15, 0.2) is 0 Å². The van der Waals surface area contributed by atoms with Gasteiger partial charge in [0.05, 0.1) is 27.5 Å². The summed E-state index contributed by atoms with van der Waals surface area (Å²) in [5.41, 5.74) is 11.6. The molecule has 0 fully saturated rings. The Morgan fingerprint density at radius 2 is 0.758 bits per heavy atom. The fourth-order valence-corrected chi connectivity index (χ4v) is 11.9. The van der Waals surface area contributed by atoms with Gasteiger partial charge in [0.2, 0.25) is 0 Å². The number of fused-ring (bicyclic) bond motifs is 8. The minimum absolute atomic E-state index is 0.000821. The van der Waals surface area contributed by atoms with E-state index in [4.69, 9.17) is 0 Å². The van der Waals surface area contributed by atoms with E-state index in [1.807, 2.05) is 64.2 Å². The Morgan fingerprint density at radius 3 is 1.38 bits per heavy atom. The topological polar surface area (TPSA) is 63.9 Å². The Hall–Kier alpha value is -7.80. The van der Waals surface area contributed by atoms with Gasteiger partial charge in [0.1, 0.15) is 40.8 Å². The molecule has 0 radical (unpaired) electrons. The zero-order chi connectivity index (χ0) is 44.8. The summed E-state index contributed by atoms with van der Waals surface area (Å²) in [4.78, 5) is 3.73. The number of anilines is 3. The second-order valence-electron chi connectivity index (χ2n) is 17.3. The first kappa shape index (κ1) is 39.8. The highest BCUT2D eigenvalue weighted by Crippen LogP contribution is 2.59. The van der Waals surface area contributed by atoms with Crippen LogP contribution in [-0.4, -0.2) is 38.9 Å². The standard InChI is InChI=1S/C58H40B3NO3S/c59-49-48(47-43-26-14-11-23-40(43)39-22-10-13-25-42(39)45(47)34-17-5-2-6-18-34)55(64)50(60)52-57(49)66-58-53(62(52)44-31-36-19-7-8-20-37(36)38-21-9-12-24-41(38)44)51(61)54(63)46(56(58)65)35-29-27-33(28-30-35)32-15-3-1-4-16-32/h1-31,63-65H,59-61H2. The van der Waals surface area contributed by atoms with Crippen molar-refractivity contribution < 1.29 is 15.3 Å². The van der Waals surface area contributed by atoms with Crippen LogP contribution >= 0.6 is 11.8 Å². The highest BCUT2D eigenvalue weighted by molar-refractivity contribution is 8.00. The zero-order valence-electron chi connectivity index (χ0n) is 36.6. The molecule has 0 atom stereocenters. The van der Waals surface area contributed by atoms with Crippen LogP contribution in [0.2, 0.25) is 0 Å². The molecule has 12 rings (SSSR count). The first-order valence-corrected chi connectivity index (χ1v) is 23.1. The van der Waals surface area contributed by atoms with Crippen molar-refractivity contribution in [3.63, 3.8) is 0 Å². The van der Waals surface area contributed by atoms with Crippen LogP contribution in [0.3, 0.4) is 0 Å². The van der Waals surface area contributed by atoms with E-state index >= 15 is 0 Å². The lowest BCUT2D eigenvalue weighted by atomic mass is 9.75. The molecule has 4 nitrogen and oxygen atoms in total. The maximum atomic E-state index is 13.1. The molecule has 0 aromatic heterocycles. The van der Waals surface area contributed by atoms with E-state index in [0.29, 0.717) is 32.6 Å². The van der Waals surface area contributed by atoms with Gasteiger partial charge in [0.25, 0.3) is 0 Å². The van der Waals surface area contributed by atoms with Gasteiger partial charge in [0, 0.05) is 21.4 Å². The lowest BCUT2D eigenvalue weighted by Crippen LogP contribution is -2.32. The molecule has 310 valence electrons. The average molecular weight is 863 g/mol. The number of aromatic hydroxyl groups is 3. The van der Waals surface area contributed by atoms with Gasteiger partial charge in [-0.05, 0) is 82.5 Å². The molecule has 0 spiro atoms. The number of rotatable bonds is 5. The predicted octanol–water partition coefficient (Wildman–Crippen LogP) is 10.8. The first-order chi connectivity index (χ1) is 32.3. The molecule has 0 saturated carbocycles. The number of benzene rings is 11. The molecular weight excluding hydrogens is 823 g/mol. The fourth-order valence-electron chi connectivity index (χ4n) is 10.5. The van der Waals surface area contributed by atoms with Gasteiger partial charge >= 0.3 is 0 Å². The first-order valence-electron chi connectivity index (χ1n) is 22.3. The quantitative estimate of drug-likeness (QED) is 0.119. The molecule has 0 unspecified atom stereocenters. The molecule has 11 aromatic rings. The Kier molecular flexibility index (Phi) is 9.30. The second kappa shape index (κ2) is 15.4. The summed E-state index contributed by atoms with van der Waals surface area (Å²) < 4.78 is 0. The molecule has 0 bridgehead atoms. The highest BCUT2D eigenvalue weighted by atomic mass is 32.2. The molecule has 0 aliphatic carbocycles. The third-order valence-corrected chi connectivity index (χ3v) is 15.0. The minimum atomic E-state index is -0.000821.